The van der Waals surface area contributed by atoms with Gasteiger partial charge in [0.25, 0.3) is 0 Å². The van der Waals surface area contributed by atoms with Crippen LogP contribution in [0.5, 0.6) is 0 Å². The Kier molecular flexibility index (Phi) is 3.05. The van der Waals surface area contributed by atoms with Crippen LogP contribution < -0.4 is 5.32 Å². The van der Waals surface area contributed by atoms with Crippen molar-refractivity contribution in [1.29, 1.82) is 0 Å². The van der Waals surface area contributed by atoms with Crippen LogP contribution in [0.15, 0.2) is 36.4 Å². The highest BCUT2D eigenvalue weighted by molar-refractivity contribution is 5.39. The van der Waals surface area contributed by atoms with Gasteiger partial charge >= 0.3 is 0 Å². The van der Waals surface area contributed by atoms with Gasteiger partial charge in [0.05, 0.1) is 5.69 Å². The third-order valence-electron chi connectivity index (χ3n) is 3.46. The van der Waals surface area contributed by atoms with Crippen molar-refractivity contribution >= 4 is 5.82 Å². The number of anilines is 1. The first kappa shape index (κ1) is 11.3. The molecule has 3 rings (SSSR count). The molecule has 3 nitrogen and oxygen atoms in total. The minimum atomic E-state index is 0.723. The summed E-state index contributed by atoms with van der Waals surface area (Å²) in [6.45, 7) is 0.952. The van der Waals surface area contributed by atoms with Gasteiger partial charge in [0.1, 0.15) is 5.82 Å². The van der Waals surface area contributed by atoms with Gasteiger partial charge < -0.3 is 5.32 Å². The maximum absolute atomic E-state index is 4.55. The normalized spacial score (nSPS) is 14.7. The van der Waals surface area contributed by atoms with Gasteiger partial charge in [-0.1, -0.05) is 30.3 Å². The molecule has 0 unspecified atom stereocenters. The van der Waals surface area contributed by atoms with E-state index in [1.54, 1.807) is 0 Å². The summed E-state index contributed by atoms with van der Waals surface area (Å²) in [5.41, 5.74) is 2.62. The molecular weight excluding hydrogens is 222 g/mol. The molecule has 2 aromatic rings. The standard InChI is InChI=1S/C15H19N3/c1-18-15(11-14(17-18)13-7-8-13)16-10-9-12-5-3-2-4-6-12/h2-6,11,13,16H,7-10H2,1H3. The van der Waals surface area contributed by atoms with Crippen LogP contribution in [-0.2, 0) is 13.5 Å². The van der Waals surface area contributed by atoms with Gasteiger partial charge in [0, 0.05) is 25.6 Å². The number of hydrogen-bond acceptors (Lipinski definition) is 2. The molecule has 1 N–H and O–H groups in total. The van der Waals surface area contributed by atoms with Crippen LogP contribution in [0.2, 0.25) is 0 Å². The molecule has 0 radical (unpaired) electrons. The van der Waals surface area contributed by atoms with E-state index in [0.717, 1.165) is 24.7 Å². The van der Waals surface area contributed by atoms with E-state index in [4.69, 9.17) is 0 Å². The van der Waals surface area contributed by atoms with E-state index >= 15 is 0 Å². The summed E-state index contributed by atoms with van der Waals surface area (Å²) in [5.74, 6) is 1.86. The Labute approximate surface area is 108 Å². The van der Waals surface area contributed by atoms with Gasteiger partial charge in [-0.05, 0) is 24.8 Å². The van der Waals surface area contributed by atoms with Gasteiger partial charge in [0.15, 0.2) is 0 Å². The quantitative estimate of drug-likeness (QED) is 0.872. The molecule has 1 aliphatic carbocycles. The third-order valence-corrected chi connectivity index (χ3v) is 3.46. The van der Waals surface area contributed by atoms with Crippen LogP contribution in [0.25, 0.3) is 0 Å². The molecular formula is C15H19N3. The first-order valence-electron chi connectivity index (χ1n) is 6.64. The van der Waals surface area contributed by atoms with Gasteiger partial charge in [-0.3, -0.25) is 4.68 Å². The van der Waals surface area contributed by atoms with Gasteiger partial charge in [-0.25, -0.2) is 0 Å². The molecule has 1 heterocycles. The third kappa shape index (κ3) is 2.55. The lowest BCUT2D eigenvalue weighted by molar-refractivity contribution is 0.745. The summed E-state index contributed by atoms with van der Waals surface area (Å²) in [4.78, 5) is 0. The number of rotatable bonds is 5. The van der Waals surface area contributed by atoms with Crippen molar-refractivity contribution in [1.82, 2.24) is 9.78 Å². The predicted octanol–water partition coefficient (Wildman–Crippen LogP) is 2.95. The first-order chi connectivity index (χ1) is 8.83. The Morgan fingerprint density at radius 1 is 1.28 bits per heavy atom. The molecule has 0 bridgehead atoms. The van der Waals surface area contributed by atoms with Crippen LogP contribution in [0.3, 0.4) is 0 Å². The largest absolute Gasteiger partial charge is 0.370 e. The number of nitrogens with zero attached hydrogens (tertiary/aromatic N) is 2. The van der Waals surface area contributed by atoms with Crippen LogP contribution in [-0.4, -0.2) is 16.3 Å². The molecule has 1 fully saturated rings. The summed E-state index contributed by atoms with van der Waals surface area (Å²) in [5, 5.41) is 8.02. The SMILES string of the molecule is Cn1nc(C2CC2)cc1NCCc1ccccc1. The Balaban J connectivity index is 1.56. The summed E-state index contributed by atoms with van der Waals surface area (Å²) in [6.07, 6.45) is 3.66. The number of aromatic nitrogens is 2. The minimum Gasteiger partial charge on any atom is -0.370 e. The van der Waals surface area contributed by atoms with E-state index in [-0.39, 0.29) is 0 Å². The maximum atomic E-state index is 4.55. The molecule has 94 valence electrons. The lowest BCUT2D eigenvalue weighted by Gasteiger charge is -2.05. The number of aryl methyl sites for hydroxylation is 1. The fourth-order valence-corrected chi connectivity index (χ4v) is 2.21. The van der Waals surface area contributed by atoms with Crippen molar-refractivity contribution in [3.05, 3.63) is 47.7 Å². The second-order valence-corrected chi connectivity index (χ2v) is 5.01. The van der Waals surface area contributed by atoms with Crippen molar-refractivity contribution in [3.8, 4) is 0 Å². The molecule has 3 heteroatoms. The van der Waals surface area contributed by atoms with Crippen LogP contribution in [0, 0.1) is 0 Å². The fraction of sp³-hybridized carbons (Fsp3) is 0.400. The summed E-state index contributed by atoms with van der Waals surface area (Å²) >= 11 is 0. The molecule has 18 heavy (non-hydrogen) atoms. The topological polar surface area (TPSA) is 29.9 Å². The lowest BCUT2D eigenvalue weighted by Crippen LogP contribution is -2.08. The summed E-state index contributed by atoms with van der Waals surface area (Å²) in [7, 11) is 2.01. The molecule has 0 saturated heterocycles. The Morgan fingerprint density at radius 3 is 2.78 bits per heavy atom. The van der Waals surface area contributed by atoms with E-state index in [1.165, 1.54) is 24.1 Å². The van der Waals surface area contributed by atoms with Gasteiger partial charge in [-0.2, -0.15) is 5.10 Å². The Bertz CT molecular complexity index is 512. The highest BCUT2D eigenvalue weighted by Gasteiger charge is 2.26. The number of benzene rings is 1. The average Bonchev–Trinajstić information content (AvgIpc) is 3.17. The smallest absolute Gasteiger partial charge is 0.124 e. The van der Waals surface area contributed by atoms with E-state index in [0.29, 0.717) is 0 Å². The number of nitrogens with one attached hydrogen (secondary N) is 1. The molecule has 1 aromatic carbocycles. The second kappa shape index (κ2) is 4.84. The molecule has 1 aromatic heterocycles. The van der Waals surface area contributed by atoms with Crippen molar-refractivity contribution < 1.29 is 0 Å². The van der Waals surface area contributed by atoms with Crippen LogP contribution in [0.4, 0.5) is 5.82 Å². The van der Waals surface area contributed by atoms with E-state index in [1.807, 2.05) is 11.7 Å². The van der Waals surface area contributed by atoms with E-state index in [9.17, 15) is 0 Å². The molecule has 1 saturated carbocycles. The molecule has 0 amide bonds. The van der Waals surface area contributed by atoms with Crippen molar-refractivity contribution in [2.24, 2.45) is 7.05 Å². The van der Waals surface area contributed by atoms with Crippen molar-refractivity contribution in [2.45, 2.75) is 25.2 Å². The Morgan fingerprint density at radius 2 is 2.06 bits per heavy atom. The average molecular weight is 241 g/mol. The molecule has 1 aliphatic rings. The highest BCUT2D eigenvalue weighted by Crippen LogP contribution is 2.39. The summed E-state index contributed by atoms with van der Waals surface area (Å²) < 4.78 is 1.96. The zero-order chi connectivity index (χ0) is 12.4. The zero-order valence-corrected chi connectivity index (χ0v) is 10.8. The minimum absolute atomic E-state index is 0.723. The highest BCUT2D eigenvalue weighted by atomic mass is 15.3. The van der Waals surface area contributed by atoms with Crippen LogP contribution in [0.1, 0.15) is 30.0 Å². The lowest BCUT2D eigenvalue weighted by atomic mass is 10.1. The van der Waals surface area contributed by atoms with E-state index < -0.39 is 0 Å². The molecule has 0 atom stereocenters. The fourth-order valence-electron chi connectivity index (χ4n) is 2.21. The Hall–Kier alpha value is -1.77. The zero-order valence-electron chi connectivity index (χ0n) is 10.8. The first-order valence-corrected chi connectivity index (χ1v) is 6.64. The van der Waals surface area contributed by atoms with Crippen molar-refractivity contribution in [2.75, 3.05) is 11.9 Å². The number of hydrogen-bond donors (Lipinski definition) is 1. The monoisotopic (exact) mass is 241 g/mol. The van der Waals surface area contributed by atoms with Gasteiger partial charge in [-0.15, -0.1) is 0 Å². The predicted molar refractivity (Wildman–Crippen MR) is 73.8 cm³/mol. The van der Waals surface area contributed by atoms with Crippen LogP contribution >= 0.6 is 0 Å². The van der Waals surface area contributed by atoms with Crippen molar-refractivity contribution in [3.63, 3.8) is 0 Å². The molecule has 0 aliphatic heterocycles. The molecule has 0 spiro atoms. The second-order valence-electron chi connectivity index (χ2n) is 5.01. The van der Waals surface area contributed by atoms with E-state index in [2.05, 4.69) is 46.8 Å². The summed E-state index contributed by atoms with van der Waals surface area (Å²) in [6, 6.07) is 12.8. The van der Waals surface area contributed by atoms with Gasteiger partial charge in [0.2, 0.25) is 0 Å². The maximum Gasteiger partial charge on any atom is 0.124 e.